The number of nitrogens with zero attached hydrogens (tertiary/aromatic N) is 1. The van der Waals surface area contributed by atoms with Crippen molar-refractivity contribution in [2.24, 2.45) is 11.8 Å². The van der Waals surface area contributed by atoms with Gasteiger partial charge in [0, 0.05) is 35.8 Å². The molecule has 3 saturated heterocycles. The van der Waals surface area contributed by atoms with Gasteiger partial charge in [0.15, 0.2) is 0 Å². The Labute approximate surface area is 232 Å². The first-order valence-electron chi connectivity index (χ1n) is 13.8. The zero-order chi connectivity index (χ0) is 26.0. The van der Waals surface area contributed by atoms with Crippen LogP contribution in [0.25, 0.3) is 0 Å². The van der Waals surface area contributed by atoms with Gasteiger partial charge in [-0.25, -0.2) is 0 Å². The minimum absolute atomic E-state index is 0.0359. The number of amides is 3. The molecule has 0 aromatic heterocycles. The predicted molar refractivity (Wildman–Crippen MR) is 148 cm³/mol. The van der Waals surface area contributed by atoms with Crippen molar-refractivity contribution >= 4 is 45.4 Å². The van der Waals surface area contributed by atoms with E-state index in [1.807, 2.05) is 30.3 Å². The standard InChI is InChI=1S/C28H38BrN3O4S/c29-20-16-28-22(21(23(20)37-28)25(34)30-17-18-10-4-1-5-11-18)27(36)32(14-8-3-9-15-33)24(28)26(35)31-19-12-6-2-7-13-19/h1,4-5,10-11,19-24,33H,2-3,6-9,12-17H2,(H,30,34)(H,31,35)/t20?,21-,22+,23-,24?,28?/m1/s1. The van der Waals surface area contributed by atoms with Crippen molar-refractivity contribution in [3.63, 3.8) is 0 Å². The van der Waals surface area contributed by atoms with Crippen LogP contribution in [0.15, 0.2) is 30.3 Å². The van der Waals surface area contributed by atoms with E-state index >= 15 is 0 Å². The molecule has 3 N–H and O–H groups in total. The van der Waals surface area contributed by atoms with E-state index in [1.54, 1.807) is 16.7 Å². The van der Waals surface area contributed by atoms with Crippen LogP contribution in [0.1, 0.15) is 63.4 Å². The van der Waals surface area contributed by atoms with Gasteiger partial charge in [0.1, 0.15) is 6.04 Å². The third-order valence-corrected chi connectivity index (χ3v) is 11.9. The third-order valence-electron chi connectivity index (χ3n) is 8.66. The van der Waals surface area contributed by atoms with Gasteiger partial charge in [-0.2, -0.15) is 0 Å². The summed E-state index contributed by atoms with van der Waals surface area (Å²) in [7, 11) is 0. The van der Waals surface area contributed by atoms with Gasteiger partial charge in [-0.15, -0.1) is 11.8 Å². The summed E-state index contributed by atoms with van der Waals surface area (Å²) in [6.07, 6.45) is 8.35. The number of carbonyl (C=O) groups is 3. The molecule has 6 atom stereocenters. The first kappa shape index (κ1) is 27.0. The highest BCUT2D eigenvalue weighted by molar-refractivity contribution is 9.09. The average Bonchev–Trinajstić information content (AvgIpc) is 3.49. The molecule has 3 heterocycles. The van der Waals surface area contributed by atoms with E-state index < -0.39 is 22.6 Å². The van der Waals surface area contributed by atoms with Crippen molar-refractivity contribution in [2.75, 3.05) is 13.2 Å². The fourth-order valence-electron chi connectivity index (χ4n) is 6.97. The van der Waals surface area contributed by atoms with Crippen molar-refractivity contribution in [2.45, 2.75) is 91.2 Å². The van der Waals surface area contributed by atoms with E-state index in [4.69, 9.17) is 0 Å². The van der Waals surface area contributed by atoms with Crippen LogP contribution < -0.4 is 10.6 Å². The number of nitrogens with one attached hydrogen (secondary N) is 2. The summed E-state index contributed by atoms with van der Waals surface area (Å²) in [6, 6.07) is 9.39. The number of likely N-dealkylation sites (tertiary alicyclic amines) is 1. The minimum Gasteiger partial charge on any atom is -0.396 e. The summed E-state index contributed by atoms with van der Waals surface area (Å²) in [4.78, 5) is 43.4. The van der Waals surface area contributed by atoms with Crippen LogP contribution in [-0.4, -0.2) is 67.8 Å². The Hall–Kier alpha value is -1.58. The molecule has 2 bridgehead atoms. The lowest BCUT2D eigenvalue weighted by molar-refractivity contribution is -0.140. The quantitative estimate of drug-likeness (QED) is 0.286. The molecule has 1 spiro atoms. The maximum absolute atomic E-state index is 14.0. The number of aliphatic hydroxyl groups is 1. The molecule has 1 aromatic rings. The largest absolute Gasteiger partial charge is 0.396 e. The number of thioether (sulfide) groups is 1. The summed E-state index contributed by atoms with van der Waals surface area (Å²) < 4.78 is -0.597. The van der Waals surface area contributed by atoms with E-state index in [-0.39, 0.29) is 40.4 Å². The molecule has 37 heavy (non-hydrogen) atoms. The number of unbranched alkanes of at least 4 members (excludes halogenated alkanes) is 2. The molecule has 4 fully saturated rings. The van der Waals surface area contributed by atoms with Gasteiger partial charge in [-0.05, 0) is 44.1 Å². The molecule has 3 unspecified atom stereocenters. The fraction of sp³-hybridized carbons (Fsp3) is 0.679. The summed E-state index contributed by atoms with van der Waals surface area (Å²) in [6.45, 7) is 1.03. The van der Waals surface area contributed by atoms with Crippen LogP contribution in [0.4, 0.5) is 0 Å². The summed E-state index contributed by atoms with van der Waals surface area (Å²) in [5.41, 5.74) is 1.02. The number of hydrogen-bond acceptors (Lipinski definition) is 5. The van der Waals surface area contributed by atoms with E-state index in [1.165, 1.54) is 6.42 Å². The summed E-state index contributed by atoms with van der Waals surface area (Å²) in [5.74, 6) is -1.16. The smallest absolute Gasteiger partial charge is 0.244 e. The fourth-order valence-corrected chi connectivity index (χ4v) is 10.6. The number of aliphatic hydroxyl groups excluding tert-OH is 1. The molecule has 5 rings (SSSR count). The molecule has 4 aliphatic rings. The van der Waals surface area contributed by atoms with E-state index in [2.05, 4.69) is 26.6 Å². The van der Waals surface area contributed by atoms with Gasteiger partial charge in [-0.1, -0.05) is 65.5 Å². The number of hydrogen-bond donors (Lipinski definition) is 3. The van der Waals surface area contributed by atoms with Crippen molar-refractivity contribution < 1.29 is 19.5 Å². The topological polar surface area (TPSA) is 98.7 Å². The number of rotatable bonds is 10. The summed E-state index contributed by atoms with van der Waals surface area (Å²) >= 11 is 5.52. The zero-order valence-electron chi connectivity index (χ0n) is 21.2. The lowest BCUT2D eigenvalue weighted by Gasteiger charge is -2.36. The van der Waals surface area contributed by atoms with Gasteiger partial charge in [0.2, 0.25) is 17.7 Å². The van der Waals surface area contributed by atoms with Gasteiger partial charge in [0.25, 0.3) is 0 Å². The van der Waals surface area contributed by atoms with E-state index in [0.717, 1.165) is 44.1 Å². The predicted octanol–water partition coefficient (Wildman–Crippen LogP) is 3.38. The van der Waals surface area contributed by atoms with Crippen LogP contribution in [0.3, 0.4) is 0 Å². The maximum Gasteiger partial charge on any atom is 0.244 e. The highest BCUT2D eigenvalue weighted by Crippen LogP contribution is 2.67. The molecule has 1 aliphatic carbocycles. The van der Waals surface area contributed by atoms with Crippen LogP contribution in [-0.2, 0) is 20.9 Å². The number of alkyl halides is 1. The molecule has 1 aromatic carbocycles. The highest BCUT2D eigenvalue weighted by atomic mass is 79.9. The van der Waals surface area contributed by atoms with Crippen LogP contribution >= 0.6 is 27.7 Å². The average molecular weight is 593 g/mol. The molecular weight excluding hydrogens is 554 g/mol. The first-order valence-corrected chi connectivity index (χ1v) is 15.6. The molecule has 3 amide bonds. The second kappa shape index (κ2) is 11.7. The maximum atomic E-state index is 14.0. The van der Waals surface area contributed by atoms with Crippen molar-refractivity contribution in [3.8, 4) is 0 Å². The van der Waals surface area contributed by atoms with Crippen LogP contribution in [0, 0.1) is 11.8 Å². The van der Waals surface area contributed by atoms with E-state index in [0.29, 0.717) is 25.9 Å². The molecule has 7 nitrogen and oxygen atoms in total. The molecule has 0 radical (unpaired) electrons. The Morgan fingerprint density at radius 2 is 1.84 bits per heavy atom. The third kappa shape index (κ3) is 5.20. The Balaban J connectivity index is 1.39. The van der Waals surface area contributed by atoms with Gasteiger partial charge in [0.05, 0.1) is 16.6 Å². The Bertz CT molecular complexity index is 991. The minimum atomic E-state index is -0.597. The lowest BCUT2D eigenvalue weighted by atomic mass is 9.70. The molecule has 3 aliphatic heterocycles. The lowest BCUT2D eigenvalue weighted by Crippen LogP contribution is -2.56. The van der Waals surface area contributed by atoms with Crippen LogP contribution in [0.5, 0.6) is 0 Å². The highest BCUT2D eigenvalue weighted by Gasteiger charge is 2.75. The van der Waals surface area contributed by atoms with Crippen molar-refractivity contribution in [1.82, 2.24) is 15.5 Å². The molecular formula is C28H38BrN3O4S. The second-order valence-corrected chi connectivity index (χ2v) is 13.7. The van der Waals surface area contributed by atoms with Gasteiger partial charge in [-0.3, -0.25) is 14.4 Å². The van der Waals surface area contributed by atoms with Crippen LogP contribution in [0.2, 0.25) is 0 Å². The zero-order valence-corrected chi connectivity index (χ0v) is 23.6. The van der Waals surface area contributed by atoms with Gasteiger partial charge >= 0.3 is 0 Å². The normalized spacial score (nSPS) is 33.0. The second-order valence-electron chi connectivity index (χ2n) is 11.0. The SMILES string of the molecule is O=C(NC1CCCCC1)C1N(CCCCCO)C(=O)[C@@H]2[C@@H](C(=O)NCc3ccccc3)[C@@H]3SC12CC3Br. The molecule has 1 saturated carbocycles. The Morgan fingerprint density at radius 1 is 1.08 bits per heavy atom. The van der Waals surface area contributed by atoms with Gasteiger partial charge < -0.3 is 20.6 Å². The summed E-state index contributed by atoms with van der Waals surface area (Å²) in [5, 5.41) is 15.6. The molecule has 202 valence electrons. The Morgan fingerprint density at radius 3 is 2.57 bits per heavy atom. The Kier molecular flexibility index (Phi) is 8.51. The molecule has 9 heteroatoms. The number of fused-ring (bicyclic) bond motifs is 1. The first-order chi connectivity index (χ1) is 18.0. The number of benzene rings is 1. The van der Waals surface area contributed by atoms with Crippen molar-refractivity contribution in [1.29, 1.82) is 0 Å². The number of halogens is 1. The van der Waals surface area contributed by atoms with E-state index in [9.17, 15) is 19.5 Å². The van der Waals surface area contributed by atoms with Crippen molar-refractivity contribution in [3.05, 3.63) is 35.9 Å². The number of carbonyl (C=O) groups excluding carboxylic acids is 3. The monoisotopic (exact) mass is 591 g/mol.